The molecule has 0 aliphatic heterocycles. The first-order chi connectivity index (χ1) is 9.42. The first-order valence-electron chi connectivity index (χ1n) is 5.99. The Morgan fingerprint density at radius 1 is 1.35 bits per heavy atom. The van der Waals surface area contributed by atoms with Crippen LogP contribution in [0.25, 0.3) is 0 Å². The van der Waals surface area contributed by atoms with Gasteiger partial charge >= 0.3 is 6.03 Å². The lowest BCUT2D eigenvalue weighted by Gasteiger charge is -2.14. The van der Waals surface area contributed by atoms with Crippen LogP contribution in [0.2, 0.25) is 10.0 Å². The lowest BCUT2D eigenvalue weighted by atomic mass is 10.2. The number of nitrogens with one attached hydrogen (secondary N) is 2. The molecule has 1 unspecified atom stereocenters. The number of benzene rings is 1. The predicted octanol–water partition coefficient (Wildman–Crippen LogP) is 1.80. The van der Waals surface area contributed by atoms with Crippen molar-refractivity contribution in [2.45, 2.75) is 26.1 Å². The van der Waals surface area contributed by atoms with Crippen LogP contribution >= 0.6 is 23.2 Å². The summed E-state index contributed by atoms with van der Waals surface area (Å²) in [5.74, 6) is -0.0679. The first kappa shape index (κ1) is 16.4. The van der Waals surface area contributed by atoms with Crippen molar-refractivity contribution in [3.05, 3.63) is 33.8 Å². The van der Waals surface area contributed by atoms with Crippen molar-refractivity contribution in [1.29, 1.82) is 0 Å². The molecular weight excluding hydrogens is 301 g/mol. The Morgan fingerprint density at radius 2 is 2.05 bits per heavy atom. The van der Waals surface area contributed by atoms with E-state index in [9.17, 15) is 4.79 Å². The lowest BCUT2D eigenvalue weighted by Crippen LogP contribution is -2.42. The number of nitrogens with two attached hydrogens (primary N) is 2. The minimum atomic E-state index is -0.450. The number of aliphatic imine (C=N–C) groups is 1. The normalized spacial score (nSPS) is 11.6. The predicted molar refractivity (Wildman–Crippen MR) is 81.7 cm³/mol. The fraction of sp³-hybridized carbons (Fsp3) is 0.333. The molecule has 20 heavy (non-hydrogen) atoms. The second-order valence-electron chi connectivity index (χ2n) is 4.05. The van der Waals surface area contributed by atoms with Crippen LogP contribution in [0.1, 0.15) is 18.9 Å². The van der Waals surface area contributed by atoms with Gasteiger partial charge in [-0.25, -0.2) is 9.79 Å². The van der Waals surface area contributed by atoms with Crippen LogP contribution in [0.3, 0.4) is 0 Å². The van der Waals surface area contributed by atoms with Gasteiger partial charge in [0.25, 0.3) is 0 Å². The number of urea groups is 1. The summed E-state index contributed by atoms with van der Waals surface area (Å²) >= 11 is 11.7. The summed E-state index contributed by atoms with van der Waals surface area (Å²) in [6, 6.07) is 4.78. The Labute approximate surface area is 127 Å². The molecule has 0 aromatic heterocycles. The Morgan fingerprint density at radius 3 is 2.60 bits per heavy atom. The number of rotatable bonds is 5. The monoisotopic (exact) mass is 317 g/mol. The molecule has 0 spiro atoms. The van der Waals surface area contributed by atoms with Gasteiger partial charge in [-0.15, -0.1) is 0 Å². The van der Waals surface area contributed by atoms with Gasteiger partial charge in [0.05, 0.1) is 10.0 Å². The highest BCUT2D eigenvalue weighted by Crippen LogP contribution is 2.22. The van der Waals surface area contributed by atoms with Gasteiger partial charge in [0.2, 0.25) is 0 Å². The second kappa shape index (κ2) is 7.81. The maximum absolute atomic E-state index is 11.7. The Balaban J connectivity index is 2.50. The number of carbonyl (C=O) groups excluding carboxylic acids is 1. The van der Waals surface area contributed by atoms with Crippen molar-refractivity contribution < 1.29 is 4.79 Å². The fourth-order valence-corrected chi connectivity index (χ4v) is 1.76. The molecule has 6 nitrogen and oxygen atoms in total. The number of guanidine groups is 1. The zero-order chi connectivity index (χ0) is 15.1. The van der Waals surface area contributed by atoms with Crippen LogP contribution in [0.15, 0.2) is 23.2 Å². The topological polar surface area (TPSA) is 106 Å². The summed E-state index contributed by atoms with van der Waals surface area (Å²) < 4.78 is 0. The third-order valence-corrected chi connectivity index (χ3v) is 3.17. The zero-order valence-electron chi connectivity index (χ0n) is 11.0. The quantitative estimate of drug-likeness (QED) is 0.491. The molecule has 2 amide bonds. The maximum atomic E-state index is 11.7. The molecule has 110 valence electrons. The number of hydrogen-bond donors (Lipinski definition) is 4. The largest absolute Gasteiger partial charge is 0.370 e. The van der Waals surface area contributed by atoms with Crippen LogP contribution in [0.4, 0.5) is 4.79 Å². The van der Waals surface area contributed by atoms with Gasteiger partial charge in [-0.2, -0.15) is 0 Å². The van der Waals surface area contributed by atoms with Gasteiger partial charge in [-0.05, 0) is 24.1 Å². The van der Waals surface area contributed by atoms with E-state index in [0.717, 1.165) is 5.56 Å². The number of carbonyl (C=O) groups is 1. The molecule has 0 heterocycles. The van der Waals surface area contributed by atoms with E-state index in [0.29, 0.717) is 23.0 Å². The third-order valence-electron chi connectivity index (χ3n) is 2.43. The molecule has 1 aromatic carbocycles. The SMILES string of the molecule is CCC(N=C(N)N)NC(=O)NCc1ccc(Cl)c(Cl)c1. The number of amides is 2. The standard InChI is InChI=1S/C12H17Cl2N5O/c1-2-10(18-11(15)16)19-12(20)17-6-7-3-4-8(13)9(14)5-7/h3-5,10H,2,6H2,1H3,(H4,15,16,18)(H2,17,19,20). The number of hydrogen-bond acceptors (Lipinski definition) is 2. The molecule has 0 saturated carbocycles. The molecule has 0 aliphatic rings. The van der Waals surface area contributed by atoms with Crippen LogP contribution < -0.4 is 22.1 Å². The highest BCUT2D eigenvalue weighted by atomic mass is 35.5. The van der Waals surface area contributed by atoms with E-state index in [1.165, 1.54) is 0 Å². The summed E-state index contributed by atoms with van der Waals surface area (Å²) in [5, 5.41) is 6.23. The van der Waals surface area contributed by atoms with E-state index in [4.69, 9.17) is 34.7 Å². The van der Waals surface area contributed by atoms with E-state index in [1.807, 2.05) is 6.92 Å². The smallest absolute Gasteiger partial charge is 0.316 e. The first-order valence-corrected chi connectivity index (χ1v) is 6.75. The molecule has 0 fully saturated rings. The van der Waals surface area contributed by atoms with Gasteiger partial charge in [0.15, 0.2) is 5.96 Å². The average molecular weight is 318 g/mol. The van der Waals surface area contributed by atoms with Crippen molar-refractivity contribution in [3.63, 3.8) is 0 Å². The maximum Gasteiger partial charge on any atom is 0.316 e. The van der Waals surface area contributed by atoms with Gasteiger partial charge in [0, 0.05) is 6.54 Å². The Kier molecular flexibility index (Phi) is 6.41. The molecule has 0 aliphatic carbocycles. The summed E-state index contributed by atoms with van der Waals surface area (Å²) in [7, 11) is 0. The van der Waals surface area contributed by atoms with Crippen LogP contribution in [-0.4, -0.2) is 18.2 Å². The van der Waals surface area contributed by atoms with Crippen molar-refractivity contribution >= 4 is 35.2 Å². The van der Waals surface area contributed by atoms with Crippen molar-refractivity contribution in [2.24, 2.45) is 16.5 Å². The lowest BCUT2D eigenvalue weighted by molar-refractivity contribution is 0.236. The molecule has 0 radical (unpaired) electrons. The highest BCUT2D eigenvalue weighted by molar-refractivity contribution is 6.42. The van der Waals surface area contributed by atoms with Crippen LogP contribution in [-0.2, 0) is 6.54 Å². The van der Waals surface area contributed by atoms with E-state index >= 15 is 0 Å². The van der Waals surface area contributed by atoms with Gasteiger partial charge in [-0.1, -0.05) is 36.2 Å². The molecular formula is C12H17Cl2N5O. The van der Waals surface area contributed by atoms with Gasteiger partial charge in [-0.3, -0.25) is 0 Å². The van der Waals surface area contributed by atoms with Crippen molar-refractivity contribution in [2.75, 3.05) is 0 Å². The highest BCUT2D eigenvalue weighted by Gasteiger charge is 2.09. The molecule has 0 saturated heterocycles. The average Bonchev–Trinajstić information content (AvgIpc) is 2.39. The van der Waals surface area contributed by atoms with Crippen LogP contribution in [0.5, 0.6) is 0 Å². The van der Waals surface area contributed by atoms with E-state index in [1.54, 1.807) is 18.2 Å². The zero-order valence-corrected chi connectivity index (χ0v) is 12.5. The molecule has 1 rings (SSSR count). The summed E-state index contributed by atoms with van der Waals surface area (Å²) in [6.07, 6.45) is 0.131. The summed E-state index contributed by atoms with van der Waals surface area (Å²) in [4.78, 5) is 15.6. The second-order valence-corrected chi connectivity index (χ2v) is 4.87. The molecule has 6 N–H and O–H groups in total. The Bertz CT molecular complexity index is 503. The summed E-state index contributed by atoms with van der Waals surface area (Å²) in [5.41, 5.74) is 11.4. The summed E-state index contributed by atoms with van der Waals surface area (Å²) in [6.45, 7) is 2.18. The van der Waals surface area contributed by atoms with E-state index < -0.39 is 6.17 Å². The molecule has 0 bridgehead atoms. The fourth-order valence-electron chi connectivity index (χ4n) is 1.44. The van der Waals surface area contributed by atoms with Gasteiger partial charge < -0.3 is 22.1 Å². The van der Waals surface area contributed by atoms with E-state index in [2.05, 4.69) is 15.6 Å². The minimum Gasteiger partial charge on any atom is -0.370 e. The van der Waals surface area contributed by atoms with E-state index in [-0.39, 0.29) is 12.0 Å². The number of halogens is 2. The van der Waals surface area contributed by atoms with Gasteiger partial charge in [0.1, 0.15) is 6.17 Å². The molecule has 8 heteroatoms. The van der Waals surface area contributed by atoms with Crippen molar-refractivity contribution in [3.8, 4) is 0 Å². The van der Waals surface area contributed by atoms with Crippen LogP contribution in [0, 0.1) is 0 Å². The third kappa shape index (κ3) is 5.54. The Hall–Kier alpha value is -1.66. The minimum absolute atomic E-state index is 0.0679. The molecule has 1 atom stereocenters. The number of nitrogens with zero attached hydrogens (tertiary/aromatic N) is 1. The molecule has 1 aromatic rings. The van der Waals surface area contributed by atoms with Crippen molar-refractivity contribution in [1.82, 2.24) is 10.6 Å².